The fourth-order valence-electron chi connectivity index (χ4n) is 2.04. The van der Waals surface area contributed by atoms with Gasteiger partial charge in [0.15, 0.2) is 17.3 Å². The van der Waals surface area contributed by atoms with Crippen molar-refractivity contribution in [1.29, 1.82) is 0 Å². The van der Waals surface area contributed by atoms with Crippen LogP contribution in [0.15, 0.2) is 36.4 Å². The number of anilines is 1. The number of carbonyl (C=O) groups excluding carboxylic acids is 2. The molecular formula is C17H18N2O5. The summed E-state index contributed by atoms with van der Waals surface area (Å²) < 4.78 is 15.2. The third-order valence-corrected chi connectivity index (χ3v) is 3.23. The number of benzene rings is 1. The maximum Gasteiger partial charge on any atom is 0.233 e. The molecule has 24 heavy (non-hydrogen) atoms. The summed E-state index contributed by atoms with van der Waals surface area (Å²) in [7, 11) is 4.47. The molecule has 0 aliphatic heterocycles. The van der Waals surface area contributed by atoms with Crippen molar-refractivity contribution in [3.05, 3.63) is 42.0 Å². The van der Waals surface area contributed by atoms with Gasteiger partial charge in [0.2, 0.25) is 11.8 Å². The number of nitrogens with zero attached hydrogens (tertiary/aromatic N) is 1. The van der Waals surface area contributed by atoms with Crippen LogP contribution in [0.5, 0.6) is 17.4 Å². The molecule has 1 aromatic heterocycles. The molecule has 0 aliphatic rings. The summed E-state index contributed by atoms with van der Waals surface area (Å²) in [5, 5.41) is 2.56. The van der Waals surface area contributed by atoms with Crippen molar-refractivity contribution < 1.29 is 23.8 Å². The first-order valence-corrected chi connectivity index (χ1v) is 7.13. The molecule has 0 bridgehead atoms. The van der Waals surface area contributed by atoms with Gasteiger partial charge in [-0.1, -0.05) is 6.07 Å². The number of ether oxygens (including phenoxy) is 3. The maximum atomic E-state index is 12.2. The number of rotatable bonds is 7. The first-order chi connectivity index (χ1) is 11.6. The van der Waals surface area contributed by atoms with Crippen LogP contribution in [0.25, 0.3) is 0 Å². The van der Waals surface area contributed by atoms with E-state index in [2.05, 4.69) is 10.3 Å². The van der Waals surface area contributed by atoms with Crippen LogP contribution in [-0.2, 0) is 4.79 Å². The van der Waals surface area contributed by atoms with Crippen molar-refractivity contribution in [1.82, 2.24) is 4.98 Å². The van der Waals surface area contributed by atoms with Gasteiger partial charge in [0.1, 0.15) is 5.82 Å². The monoisotopic (exact) mass is 330 g/mol. The van der Waals surface area contributed by atoms with Crippen molar-refractivity contribution in [2.45, 2.75) is 6.42 Å². The van der Waals surface area contributed by atoms with Gasteiger partial charge in [-0.3, -0.25) is 9.59 Å². The third-order valence-electron chi connectivity index (χ3n) is 3.23. The van der Waals surface area contributed by atoms with E-state index >= 15 is 0 Å². The number of Topliss-reactive ketones (excluding diaryl/α,β-unsaturated/α-hetero) is 1. The summed E-state index contributed by atoms with van der Waals surface area (Å²) in [5.41, 5.74) is 0.362. The highest BCUT2D eigenvalue weighted by molar-refractivity contribution is 6.11. The van der Waals surface area contributed by atoms with Crippen LogP contribution >= 0.6 is 0 Å². The van der Waals surface area contributed by atoms with Crippen LogP contribution < -0.4 is 19.5 Å². The molecule has 0 spiro atoms. The lowest BCUT2D eigenvalue weighted by Crippen LogP contribution is -2.17. The second kappa shape index (κ2) is 7.96. The smallest absolute Gasteiger partial charge is 0.233 e. The van der Waals surface area contributed by atoms with E-state index in [-0.39, 0.29) is 12.2 Å². The van der Waals surface area contributed by atoms with Crippen molar-refractivity contribution in [3.8, 4) is 17.4 Å². The van der Waals surface area contributed by atoms with E-state index < -0.39 is 5.91 Å². The molecule has 7 nitrogen and oxygen atoms in total. The highest BCUT2D eigenvalue weighted by Crippen LogP contribution is 2.28. The lowest BCUT2D eigenvalue weighted by molar-refractivity contribution is -0.115. The molecule has 0 radical (unpaired) electrons. The number of carbonyl (C=O) groups is 2. The Morgan fingerprint density at radius 1 is 1.00 bits per heavy atom. The van der Waals surface area contributed by atoms with E-state index in [1.54, 1.807) is 30.3 Å². The lowest BCUT2D eigenvalue weighted by Gasteiger charge is -2.09. The van der Waals surface area contributed by atoms with E-state index in [1.165, 1.54) is 27.4 Å². The van der Waals surface area contributed by atoms with E-state index in [0.717, 1.165) is 0 Å². The molecule has 1 aromatic carbocycles. The van der Waals surface area contributed by atoms with Crippen molar-refractivity contribution in [3.63, 3.8) is 0 Å². The Labute approximate surface area is 139 Å². The summed E-state index contributed by atoms with van der Waals surface area (Å²) in [6.07, 6.45) is -0.311. The molecule has 1 N–H and O–H groups in total. The van der Waals surface area contributed by atoms with Gasteiger partial charge in [-0.05, 0) is 24.3 Å². The van der Waals surface area contributed by atoms with E-state index in [0.29, 0.717) is 28.8 Å². The summed E-state index contributed by atoms with van der Waals surface area (Å²) in [6, 6.07) is 9.70. The zero-order valence-electron chi connectivity index (χ0n) is 13.7. The zero-order chi connectivity index (χ0) is 17.5. The van der Waals surface area contributed by atoms with Crippen LogP contribution in [0.1, 0.15) is 16.8 Å². The number of ketones is 1. The fourth-order valence-corrected chi connectivity index (χ4v) is 2.04. The average molecular weight is 330 g/mol. The van der Waals surface area contributed by atoms with Gasteiger partial charge >= 0.3 is 0 Å². The van der Waals surface area contributed by atoms with Gasteiger partial charge in [0.05, 0.1) is 27.8 Å². The zero-order valence-corrected chi connectivity index (χ0v) is 13.7. The van der Waals surface area contributed by atoms with Gasteiger partial charge in [0.25, 0.3) is 0 Å². The molecule has 0 unspecified atom stereocenters. The first-order valence-electron chi connectivity index (χ1n) is 7.13. The number of pyridine rings is 1. The molecule has 2 rings (SSSR count). The molecule has 7 heteroatoms. The van der Waals surface area contributed by atoms with Gasteiger partial charge < -0.3 is 19.5 Å². The molecule has 1 amide bonds. The molecule has 0 saturated carbocycles. The normalized spacial score (nSPS) is 9.96. The Morgan fingerprint density at radius 2 is 1.75 bits per heavy atom. The molecule has 1 heterocycles. The van der Waals surface area contributed by atoms with E-state index in [4.69, 9.17) is 14.2 Å². The van der Waals surface area contributed by atoms with Gasteiger partial charge in [-0.25, -0.2) is 0 Å². The summed E-state index contributed by atoms with van der Waals surface area (Å²) in [5.74, 6) is 0.836. The number of aromatic nitrogens is 1. The van der Waals surface area contributed by atoms with Crippen LogP contribution in [0.2, 0.25) is 0 Å². The van der Waals surface area contributed by atoms with Crippen LogP contribution in [0.3, 0.4) is 0 Å². The topological polar surface area (TPSA) is 86.8 Å². The number of methoxy groups -OCH3 is 3. The average Bonchev–Trinajstić information content (AvgIpc) is 2.60. The maximum absolute atomic E-state index is 12.2. The molecule has 0 fully saturated rings. The van der Waals surface area contributed by atoms with Crippen LogP contribution in [0, 0.1) is 0 Å². The summed E-state index contributed by atoms with van der Waals surface area (Å²) in [4.78, 5) is 28.3. The quantitative estimate of drug-likeness (QED) is 0.619. The Bertz CT molecular complexity index is 746. The summed E-state index contributed by atoms with van der Waals surface area (Å²) in [6.45, 7) is 0. The fraction of sp³-hybridized carbons (Fsp3) is 0.235. The Hall–Kier alpha value is -3.09. The number of hydrogen-bond donors (Lipinski definition) is 1. The Kier molecular flexibility index (Phi) is 5.73. The number of amides is 1. The number of hydrogen-bond acceptors (Lipinski definition) is 6. The largest absolute Gasteiger partial charge is 0.493 e. The standard InChI is InChI=1S/C17H18N2O5/c1-22-13-8-7-11(9-14(13)23-2)12(20)10-16(21)18-15-5-4-6-17(19-15)24-3/h4-9H,10H2,1-3H3,(H,18,19,21). The second-order valence-electron chi connectivity index (χ2n) is 4.78. The van der Waals surface area contributed by atoms with Crippen molar-refractivity contribution >= 4 is 17.5 Å². The Morgan fingerprint density at radius 3 is 2.42 bits per heavy atom. The highest BCUT2D eigenvalue weighted by Gasteiger charge is 2.15. The Balaban J connectivity index is 2.04. The highest BCUT2D eigenvalue weighted by atomic mass is 16.5. The molecule has 0 saturated heterocycles. The van der Waals surface area contributed by atoms with Gasteiger partial charge in [-0.2, -0.15) is 4.98 Å². The van der Waals surface area contributed by atoms with Crippen LogP contribution in [0.4, 0.5) is 5.82 Å². The predicted octanol–water partition coefficient (Wildman–Crippen LogP) is 2.32. The molecule has 126 valence electrons. The molecule has 0 aliphatic carbocycles. The van der Waals surface area contributed by atoms with Crippen molar-refractivity contribution in [2.75, 3.05) is 26.6 Å². The van der Waals surface area contributed by atoms with E-state index in [9.17, 15) is 9.59 Å². The van der Waals surface area contributed by atoms with Crippen molar-refractivity contribution in [2.24, 2.45) is 0 Å². The molecule has 2 aromatic rings. The van der Waals surface area contributed by atoms with E-state index in [1.807, 2.05) is 0 Å². The molecular weight excluding hydrogens is 312 g/mol. The minimum absolute atomic E-state index is 0.311. The lowest BCUT2D eigenvalue weighted by atomic mass is 10.1. The minimum atomic E-state index is -0.462. The van der Waals surface area contributed by atoms with Gasteiger partial charge in [-0.15, -0.1) is 0 Å². The minimum Gasteiger partial charge on any atom is -0.493 e. The SMILES string of the molecule is COc1cccc(NC(=O)CC(=O)c2ccc(OC)c(OC)c2)n1. The summed E-state index contributed by atoms with van der Waals surface area (Å²) >= 11 is 0. The third kappa shape index (κ3) is 4.22. The number of nitrogens with one attached hydrogen (secondary N) is 1. The first kappa shape index (κ1) is 17.3. The molecule has 0 atom stereocenters. The van der Waals surface area contributed by atoms with Gasteiger partial charge in [0, 0.05) is 11.6 Å². The second-order valence-corrected chi connectivity index (χ2v) is 4.78. The predicted molar refractivity (Wildman–Crippen MR) is 87.9 cm³/mol. The van der Waals surface area contributed by atoms with Crippen LogP contribution in [-0.4, -0.2) is 38.0 Å².